The van der Waals surface area contributed by atoms with Crippen LogP contribution in [0.4, 0.5) is 0 Å². The van der Waals surface area contributed by atoms with Crippen LogP contribution in [0.25, 0.3) is 0 Å². The summed E-state index contributed by atoms with van der Waals surface area (Å²) in [4.78, 5) is 43.6. The van der Waals surface area contributed by atoms with Gasteiger partial charge in [0.15, 0.2) is 0 Å². The van der Waals surface area contributed by atoms with Gasteiger partial charge in [-0.1, -0.05) is 41.6 Å². The van der Waals surface area contributed by atoms with Crippen LogP contribution in [0.5, 0.6) is 0 Å². The van der Waals surface area contributed by atoms with Gasteiger partial charge in [-0.3, -0.25) is 14.4 Å². The summed E-state index contributed by atoms with van der Waals surface area (Å²) in [5.74, 6) is -2.80. The number of hydrogen-bond donors (Lipinski definition) is 1. The third-order valence-corrected chi connectivity index (χ3v) is 7.73. The molecule has 7 atom stereocenters. The van der Waals surface area contributed by atoms with E-state index in [0.29, 0.717) is 19.4 Å². The second kappa shape index (κ2) is 9.65. The molecule has 0 saturated carbocycles. The SMILES string of the molecule is C=CCOC(=O)[C@H]1[C@@H]2OC3(CC2Br)C(C(=O)N(CC=C)C(C)C)N([C@@H](CC)CO)C(=O)[C@H]13. The molecule has 3 heterocycles. The maximum atomic E-state index is 13.9. The average molecular weight is 513 g/mol. The highest BCUT2D eigenvalue weighted by molar-refractivity contribution is 9.09. The van der Waals surface area contributed by atoms with Crippen molar-refractivity contribution < 1.29 is 29.0 Å². The number of alkyl halides is 1. The zero-order chi connectivity index (χ0) is 23.8. The molecule has 178 valence electrons. The third kappa shape index (κ3) is 3.72. The fraction of sp³-hybridized carbons (Fsp3) is 0.696. The molecule has 9 heteroatoms. The van der Waals surface area contributed by atoms with E-state index in [0.717, 1.165) is 0 Å². The molecule has 2 bridgehead atoms. The number of halogens is 1. The van der Waals surface area contributed by atoms with Crippen molar-refractivity contribution in [2.24, 2.45) is 11.8 Å². The molecule has 8 nitrogen and oxygen atoms in total. The summed E-state index contributed by atoms with van der Waals surface area (Å²) < 4.78 is 11.7. The summed E-state index contributed by atoms with van der Waals surface area (Å²) in [5.41, 5.74) is -1.16. The van der Waals surface area contributed by atoms with Gasteiger partial charge >= 0.3 is 5.97 Å². The first kappa shape index (κ1) is 24.9. The number of nitrogens with zero attached hydrogens (tertiary/aromatic N) is 2. The van der Waals surface area contributed by atoms with Gasteiger partial charge in [0.25, 0.3) is 0 Å². The number of carbonyl (C=O) groups is 3. The molecule has 0 aromatic carbocycles. The molecule has 3 aliphatic rings. The summed E-state index contributed by atoms with van der Waals surface area (Å²) in [6, 6.07) is -1.63. The second-order valence-corrected chi connectivity index (χ2v) is 10.1. The second-order valence-electron chi connectivity index (χ2n) is 8.95. The van der Waals surface area contributed by atoms with Gasteiger partial charge < -0.3 is 24.4 Å². The highest BCUT2D eigenvalue weighted by Gasteiger charge is 2.77. The van der Waals surface area contributed by atoms with Crippen LogP contribution in [-0.2, 0) is 23.9 Å². The molecule has 3 unspecified atom stereocenters. The number of esters is 1. The molecule has 32 heavy (non-hydrogen) atoms. The molecular weight excluding hydrogens is 480 g/mol. The lowest BCUT2D eigenvalue weighted by Gasteiger charge is -2.40. The molecule has 0 aliphatic carbocycles. The highest BCUT2D eigenvalue weighted by Crippen LogP contribution is 2.60. The molecule has 3 aliphatic heterocycles. The average Bonchev–Trinajstić information content (AvgIpc) is 3.34. The fourth-order valence-corrected chi connectivity index (χ4v) is 6.45. The lowest BCUT2D eigenvalue weighted by Crippen LogP contribution is -2.59. The van der Waals surface area contributed by atoms with E-state index >= 15 is 0 Å². The molecule has 1 spiro atoms. The minimum atomic E-state index is -1.16. The third-order valence-electron chi connectivity index (χ3n) is 6.88. The number of hydrogen-bond acceptors (Lipinski definition) is 6. The van der Waals surface area contributed by atoms with Gasteiger partial charge in [-0.25, -0.2) is 0 Å². The standard InChI is InChI=1S/C23H33BrN2O6/c1-6-9-25(13(4)5)21(29)19-23-11-15(24)18(32-23)16(22(30)31-10-7-2)17(23)20(28)26(19)14(8-3)12-27/h6-7,13-19,27H,1-2,8-12H2,3-5H3/t14-,15?,16+,17-,18+,19?,23?/m0/s1. The van der Waals surface area contributed by atoms with Crippen LogP contribution in [0.2, 0.25) is 0 Å². The van der Waals surface area contributed by atoms with Crippen molar-refractivity contribution in [3.8, 4) is 0 Å². The number of rotatable bonds is 10. The van der Waals surface area contributed by atoms with E-state index in [4.69, 9.17) is 9.47 Å². The predicted molar refractivity (Wildman–Crippen MR) is 122 cm³/mol. The Morgan fingerprint density at radius 2 is 2.09 bits per heavy atom. The Bertz CT molecular complexity index is 784. The van der Waals surface area contributed by atoms with Crippen LogP contribution in [0.3, 0.4) is 0 Å². The van der Waals surface area contributed by atoms with Crippen LogP contribution < -0.4 is 0 Å². The molecule has 3 saturated heterocycles. The number of amides is 2. The van der Waals surface area contributed by atoms with Gasteiger partial charge in [-0.2, -0.15) is 0 Å². The number of aliphatic hydroxyl groups is 1. The van der Waals surface area contributed by atoms with Gasteiger partial charge in [0.1, 0.15) is 18.2 Å². The van der Waals surface area contributed by atoms with Gasteiger partial charge in [-0.15, -0.1) is 6.58 Å². The van der Waals surface area contributed by atoms with E-state index in [2.05, 4.69) is 29.1 Å². The number of fused-ring (bicyclic) bond motifs is 1. The maximum Gasteiger partial charge on any atom is 0.312 e. The lowest BCUT2D eigenvalue weighted by molar-refractivity contribution is -0.156. The number of likely N-dealkylation sites (tertiary alicyclic amines) is 1. The zero-order valence-corrected chi connectivity index (χ0v) is 20.5. The van der Waals surface area contributed by atoms with E-state index in [1.165, 1.54) is 11.0 Å². The van der Waals surface area contributed by atoms with Crippen LogP contribution in [-0.4, -0.2) is 87.1 Å². The molecule has 0 aromatic heterocycles. The normalized spacial score (nSPS) is 33.9. The van der Waals surface area contributed by atoms with Gasteiger partial charge in [-0.05, 0) is 26.7 Å². The molecule has 0 radical (unpaired) electrons. The number of aliphatic hydroxyl groups excluding tert-OH is 1. The zero-order valence-electron chi connectivity index (χ0n) is 18.9. The first-order chi connectivity index (χ1) is 15.2. The first-order valence-electron chi connectivity index (χ1n) is 11.1. The Morgan fingerprint density at radius 1 is 1.41 bits per heavy atom. The number of ether oxygens (including phenoxy) is 2. The van der Waals surface area contributed by atoms with Crippen molar-refractivity contribution in [2.45, 2.75) is 68.3 Å². The maximum absolute atomic E-state index is 13.9. The van der Waals surface area contributed by atoms with E-state index < -0.39 is 41.6 Å². The molecule has 3 fully saturated rings. The summed E-state index contributed by atoms with van der Waals surface area (Å²) in [6.45, 7) is 13.0. The van der Waals surface area contributed by atoms with E-state index in [1.54, 1.807) is 11.0 Å². The topological polar surface area (TPSA) is 96.4 Å². The van der Waals surface area contributed by atoms with Crippen LogP contribution in [0, 0.1) is 11.8 Å². The Kier molecular flexibility index (Phi) is 7.51. The molecular formula is C23H33BrN2O6. The smallest absolute Gasteiger partial charge is 0.312 e. The number of carbonyl (C=O) groups excluding carboxylic acids is 3. The Hall–Kier alpha value is -1.71. The molecule has 1 N–H and O–H groups in total. The van der Waals surface area contributed by atoms with E-state index in [9.17, 15) is 19.5 Å². The largest absolute Gasteiger partial charge is 0.461 e. The van der Waals surface area contributed by atoms with Gasteiger partial charge in [0.05, 0.1) is 30.6 Å². The van der Waals surface area contributed by atoms with Crippen LogP contribution in [0.1, 0.15) is 33.6 Å². The minimum Gasteiger partial charge on any atom is -0.461 e. The van der Waals surface area contributed by atoms with Gasteiger partial charge in [0, 0.05) is 17.4 Å². The summed E-state index contributed by atoms with van der Waals surface area (Å²) in [6.07, 6.45) is 3.42. The van der Waals surface area contributed by atoms with Crippen LogP contribution >= 0.6 is 15.9 Å². The molecule has 0 aromatic rings. The molecule has 2 amide bonds. The van der Waals surface area contributed by atoms with Gasteiger partial charge in [0.2, 0.25) is 11.8 Å². The Balaban J connectivity index is 2.11. The quantitative estimate of drug-likeness (QED) is 0.271. The van der Waals surface area contributed by atoms with E-state index in [1.807, 2.05) is 20.8 Å². The molecule has 3 rings (SSSR count). The first-order valence-corrected chi connectivity index (χ1v) is 12.0. The van der Waals surface area contributed by atoms with Crippen molar-refractivity contribution in [1.82, 2.24) is 9.80 Å². The highest BCUT2D eigenvalue weighted by atomic mass is 79.9. The van der Waals surface area contributed by atoms with Crippen molar-refractivity contribution in [3.05, 3.63) is 25.3 Å². The summed E-state index contributed by atoms with van der Waals surface area (Å²) in [5, 5.41) is 10.0. The fourth-order valence-electron chi connectivity index (χ4n) is 5.51. The lowest BCUT2D eigenvalue weighted by atomic mass is 9.70. The summed E-state index contributed by atoms with van der Waals surface area (Å²) in [7, 11) is 0. The monoisotopic (exact) mass is 512 g/mol. The summed E-state index contributed by atoms with van der Waals surface area (Å²) >= 11 is 3.61. The van der Waals surface area contributed by atoms with Crippen molar-refractivity contribution in [2.75, 3.05) is 19.8 Å². The van der Waals surface area contributed by atoms with Crippen LogP contribution in [0.15, 0.2) is 25.3 Å². The van der Waals surface area contributed by atoms with Crippen molar-refractivity contribution >= 4 is 33.7 Å². The predicted octanol–water partition coefficient (Wildman–Crippen LogP) is 1.66. The van der Waals surface area contributed by atoms with Crippen molar-refractivity contribution in [3.63, 3.8) is 0 Å². The van der Waals surface area contributed by atoms with Crippen molar-refractivity contribution in [1.29, 1.82) is 0 Å². The Labute approximate surface area is 197 Å². The minimum absolute atomic E-state index is 0.0314. The Morgan fingerprint density at radius 3 is 2.62 bits per heavy atom. The van der Waals surface area contributed by atoms with E-state index in [-0.39, 0.29) is 35.9 Å².